The minimum atomic E-state index is -3.93. The Labute approximate surface area is 466 Å². The van der Waals surface area contributed by atoms with Crippen molar-refractivity contribution in [3.05, 3.63) is 95.1 Å². The van der Waals surface area contributed by atoms with Gasteiger partial charge in [-0.1, -0.05) is 47.5 Å². The molecule has 0 spiro atoms. The molecule has 0 aromatic heterocycles. The number of sulfone groups is 1. The molecule has 79 heavy (non-hydrogen) atoms. The summed E-state index contributed by atoms with van der Waals surface area (Å²) in [6.45, 7) is 6.75. The molecule has 0 saturated heterocycles. The van der Waals surface area contributed by atoms with Crippen LogP contribution in [-0.2, 0) is 54.5 Å². The number of hydrogen-bond donors (Lipinski definition) is 7. The summed E-state index contributed by atoms with van der Waals surface area (Å²) in [5.41, 5.74) is 2.25. The van der Waals surface area contributed by atoms with Crippen molar-refractivity contribution in [1.29, 1.82) is 0 Å². The van der Waals surface area contributed by atoms with Crippen molar-refractivity contribution < 1.29 is 71.7 Å². The number of amides is 7. The van der Waals surface area contributed by atoms with Crippen LogP contribution in [0.4, 0.5) is 0 Å². The number of benzene rings is 3. The number of hydroxylamine groups is 6. The summed E-state index contributed by atoms with van der Waals surface area (Å²) in [6, 6.07) is 19.1. The lowest BCUT2D eigenvalue weighted by atomic mass is 9.99. The maximum Gasteiger partial charge on any atom is 0.251 e. The molecule has 436 valence electrons. The predicted octanol–water partition coefficient (Wildman–Crippen LogP) is 4.61. The van der Waals surface area contributed by atoms with Crippen LogP contribution in [0.3, 0.4) is 0 Å². The monoisotopic (exact) mass is 1140 g/mol. The van der Waals surface area contributed by atoms with Gasteiger partial charge < -0.3 is 30.6 Å². The molecule has 0 fully saturated rings. The lowest BCUT2D eigenvalue weighted by Gasteiger charge is -2.19. The van der Waals surface area contributed by atoms with Crippen LogP contribution in [0.2, 0.25) is 0 Å². The third-order valence-electron chi connectivity index (χ3n) is 12.4. The molecule has 22 nitrogen and oxygen atoms in total. The van der Waals surface area contributed by atoms with Crippen molar-refractivity contribution in [2.75, 3.05) is 70.5 Å². The van der Waals surface area contributed by atoms with Gasteiger partial charge in [-0.2, -0.15) is 0 Å². The summed E-state index contributed by atoms with van der Waals surface area (Å²) in [5, 5.41) is 42.1. The number of ketones is 1. The number of hydrogen-bond acceptors (Lipinski definition) is 15. The maximum atomic E-state index is 13.8. The standard InChI is InChI=1S/C55H79N7O15S2/c1-41-13-21-47(22-14-41)78(74)39-46(40-79(75,76)48-23-15-42(2)16-24-48)54(69)44-17-19-45(20-18-44)55(70)59-33-38-77-37-29-51(66)58-32-9-6-12-36-62(73)53(68)28-26-50(65)57-31-8-5-11-35-61(72)52(67)27-25-49(64)56-30-7-4-10-34-60(71)43(3)63/h13-24,46,71-73H,4-12,25-40H2,1-3H3,(H,56,64)(H,57,65)(H,58,66)(H,59,70). The van der Waals surface area contributed by atoms with Crippen LogP contribution in [0.15, 0.2) is 82.6 Å². The van der Waals surface area contributed by atoms with Crippen LogP contribution < -0.4 is 21.3 Å². The highest BCUT2D eigenvalue weighted by atomic mass is 32.2. The number of rotatable bonds is 39. The first-order valence-corrected chi connectivity index (χ1v) is 29.6. The van der Waals surface area contributed by atoms with E-state index < -0.39 is 62.1 Å². The molecule has 0 radical (unpaired) electrons. The van der Waals surface area contributed by atoms with Crippen LogP contribution in [-0.4, -0.2) is 161 Å². The Balaban J connectivity index is 1.19. The highest BCUT2D eigenvalue weighted by Gasteiger charge is 2.33. The fraction of sp³-hybridized carbons (Fsp3) is 0.527. The SMILES string of the molecule is CC(=O)N(O)CCCCCNC(=O)CCC(=O)N(O)CCCCCNC(=O)CCC(=O)N(O)CCCCCNC(=O)CCOCCNC(=O)c1ccc(C(=O)C(C[S+]([O-])c2ccc(C)cc2)CS(=O)(=O)c2ccc(C)cc2)cc1. The second-order valence-corrected chi connectivity index (χ2v) is 22.6. The van der Waals surface area contributed by atoms with Crippen LogP contribution >= 0.6 is 0 Å². The van der Waals surface area contributed by atoms with Gasteiger partial charge >= 0.3 is 0 Å². The quantitative estimate of drug-likeness (QED) is 0.0135. The maximum absolute atomic E-state index is 13.8. The minimum Gasteiger partial charge on any atom is -0.611 e. The Morgan fingerprint density at radius 2 is 0.987 bits per heavy atom. The van der Waals surface area contributed by atoms with E-state index in [1.54, 1.807) is 36.4 Å². The first-order valence-electron chi connectivity index (χ1n) is 26.7. The van der Waals surface area contributed by atoms with Gasteiger partial charge in [0.2, 0.25) is 35.4 Å². The normalized spacial score (nSPS) is 11.9. The molecule has 3 rings (SSSR count). The van der Waals surface area contributed by atoms with Crippen molar-refractivity contribution >= 4 is 68.1 Å². The third-order valence-corrected chi connectivity index (χ3v) is 15.8. The molecular formula is C55H79N7O15S2. The number of carbonyl (C=O) groups excluding carboxylic acids is 8. The summed E-state index contributed by atoms with van der Waals surface area (Å²) in [4.78, 5) is 99.1. The van der Waals surface area contributed by atoms with Gasteiger partial charge in [0.15, 0.2) is 20.5 Å². The zero-order valence-corrected chi connectivity index (χ0v) is 47.2. The van der Waals surface area contributed by atoms with Crippen molar-refractivity contribution in [1.82, 2.24) is 36.5 Å². The van der Waals surface area contributed by atoms with Gasteiger partial charge in [-0.25, -0.2) is 23.6 Å². The van der Waals surface area contributed by atoms with Crippen LogP contribution in [0.25, 0.3) is 0 Å². The predicted molar refractivity (Wildman–Crippen MR) is 293 cm³/mol. The van der Waals surface area contributed by atoms with Gasteiger partial charge in [0.25, 0.3) is 5.91 Å². The molecule has 0 bridgehead atoms. The molecule has 7 amide bonds. The molecule has 0 aliphatic heterocycles. The molecule has 2 atom stereocenters. The Kier molecular flexibility index (Phi) is 31.2. The van der Waals surface area contributed by atoms with Gasteiger partial charge in [-0.15, -0.1) is 0 Å². The Morgan fingerprint density at radius 3 is 1.47 bits per heavy atom. The summed E-state index contributed by atoms with van der Waals surface area (Å²) in [7, 11) is -3.93. The van der Waals surface area contributed by atoms with Crippen LogP contribution in [0.1, 0.15) is 129 Å². The van der Waals surface area contributed by atoms with E-state index in [2.05, 4.69) is 21.3 Å². The Bertz CT molecular complexity index is 2520. The van der Waals surface area contributed by atoms with E-state index in [9.17, 15) is 66.9 Å². The average molecular weight is 1140 g/mol. The van der Waals surface area contributed by atoms with E-state index >= 15 is 0 Å². The van der Waals surface area contributed by atoms with Crippen molar-refractivity contribution in [3.63, 3.8) is 0 Å². The number of ether oxygens (including phenoxy) is 1. The second kappa shape index (κ2) is 36.8. The lowest BCUT2D eigenvalue weighted by Crippen LogP contribution is -2.31. The Hall–Kier alpha value is -6.28. The highest BCUT2D eigenvalue weighted by molar-refractivity contribution is 7.92. The molecule has 24 heteroatoms. The molecule has 2 unspecified atom stereocenters. The zero-order valence-electron chi connectivity index (χ0n) is 45.6. The first kappa shape index (κ1) is 67.0. The number of aryl methyl sites for hydroxylation is 2. The van der Waals surface area contributed by atoms with Crippen molar-refractivity contribution in [2.24, 2.45) is 5.92 Å². The van der Waals surface area contributed by atoms with Crippen LogP contribution in [0.5, 0.6) is 0 Å². The number of nitrogens with zero attached hydrogens (tertiary/aromatic N) is 3. The number of unbranched alkanes of at least 4 members (excludes halogenated alkanes) is 6. The van der Waals surface area contributed by atoms with E-state index in [1.807, 2.05) is 13.8 Å². The summed E-state index contributed by atoms with van der Waals surface area (Å²) in [5.74, 6) is -5.41. The third kappa shape index (κ3) is 27.4. The largest absolute Gasteiger partial charge is 0.611 e. The van der Waals surface area contributed by atoms with E-state index in [0.717, 1.165) is 11.1 Å². The van der Waals surface area contributed by atoms with Gasteiger partial charge in [-0.05, 0) is 119 Å². The van der Waals surface area contributed by atoms with Gasteiger partial charge in [-0.3, -0.25) is 54.0 Å². The molecule has 0 saturated carbocycles. The van der Waals surface area contributed by atoms with E-state index in [0.29, 0.717) is 97.5 Å². The second-order valence-electron chi connectivity index (χ2n) is 19.1. The van der Waals surface area contributed by atoms with E-state index in [-0.39, 0.29) is 111 Å². The van der Waals surface area contributed by atoms with Gasteiger partial charge in [0.1, 0.15) is 5.75 Å². The summed E-state index contributed by atoms with van der Waals surface area (Å²) < 4.78 is 45.8. The Morgan fingerprint density at radius 1 is 0.544 bits per heavy atom. The highest BCUT2D eigenvalue weighted by Crippen LogP contribution is 2.23. The molecule has 0 aliphatic carbocycles. The van der Waals surface area contributed by atoms with Gasteiger partial charge in [0.05, 0.1) is 29.8 Å². The minimum absolute atomic E-state index is 0.0571. The average Bonchev–Trinajstić information content (AvgIpc) is 3.43. The lowest BCUT2D eigenvalue weighted by molar-refractivity contribution is -0.166. The fourth-order valence-corrected chi connectivity index (χ4v) is 10.6. The molecule has 3 aromatic carbocycles. The van der Waals surface area contributed by atoms with Crippen LogP contribution in [0, 0.1) is 19.8 Å². The van der Waals surface area contributed by atoms with Gasteiger partial charge in [0, 0.05) is 96.0 Å². The fourth-order valence-electron chi connectivity index (χ4n) is 7.65. The molecule has 3 aromatic rings. The van der Waals surface area contributed by atoms with Crippen molar-refractivity contribution in [3.8, 4) is 0 Å². The van der Waals surface area contributed by atoms with Crippen molar-refractivity contribution in [2.45, 2.75) is 120 Å². The number of carbonyl (C=O) groups is 8. The number of Topliss-reactive ketones (excluding diaryl/α,β-unsaturated/α-hetero) is 1. The number of nitrogens with one attached hydrogen (secondary N) is 4. The first-order chi connectivity index (χ1) is 37.7. The summed E-state index contributed by atoms with van der Waals surface area (Å²) in [6.07, 6.45) is 4.73. The zero-order chi connectivity index (χ0) is 58.2. The molecule has 0 heterocycles. The topological polar surface area (TPSA) is 322 Å². The van der Waals surface area contributed by atoms with E-state index in [4.69, 9.17) is 4.74 Å². The molecular weight excluding hydrogens is 1060 g/mol. The van der Waals surface area contributed by atoms with E-state index in [1.165, 1.54) is 43.3 Å². The smallest absolute Gasteiger partial charge is 0.251 e. The molecule has 0 aliphatic rings. The molecule has 7 N–H and O–H groups in total. The summed E-state index contributed by atoms with van der Waals surface area (Å²) >= 11 is -1.67.